The van der Waals surface area contributed by atoms with E-state index in [0.717, 1.165) is 21.7 Å². The van der Waals surface area contributed by atoms with Gasteiger partial charge in [0.1, 0.15) is 17.2 Å². The van der Waals surface area contributed by atoms with E-state index in [2.05, 4.69) is 85.4 Å². The molecule has 3 rings (SSSR count). The first-order valence-electron chi connectivity index (χ1n) is 11.7. The van der Waals surface area contributed by atoms with E-state index in [-0.39, 0.29) is 5.31 Å². The summed E-state index contributed by atoms with van der Waals surface area (Å²) in [5.74, 6) is 2.57. The molecule has 0 aliphatic rings. The van der Waals surface area contributed by atoms with Crippen LogP contribution in [-0.4, -0.2) is 60.1 Å². The van der Waals surface area contributed by atoms with E-state index in [1.807, 2.05) is 36.4 Å². The molecule has 184 valence electrons. The number of rotatable bonds is 6. The third-order valence-electron chi connectivity index (χ3n) is 6.15. The Morgan fingerprint density at radius 3 is 0.853 bits per heavy atom. The Bertz CT molecular complexity index is 894. The maximum Gasteiger partial charge on any atom is 0.118 e. The van der Waals surface area contributed by atoms with Crippen LogP contribution in [0.5, 0.6) is 17.2 Å². The van der Waals surface area contributed by atoms with Crippen molar-refractivity contribution in [2.24, 2.45) is 0 Å². The second-order valence-electron chi connectivity index (χ2n) is 11.2. The largest absolute Gasteiger partial charge is 0.497 e. The maximum atomic E-state index is 5.41. The Morgan fingerprint density at radius 2 is 0.706 bits per heavy atom. The summed E-state index contributed by atoms with van der Waals surface area (Å²) in [5.41, 5.74) is 3.82. The lowest BCUT2D eigenvalue weighted by Crippen LogP contribution is -2.72. The molecule has 0 unspecified atom stereocenters. The highest BCUT2D eigenvalue weighted by atomic mass is 16.5. The number of hydrogen-bond donors (Lipinski definition) is 0. The van der Waals surface area contributed by atoms with Crippen molar-refractivity contribution >= 4 is 22.5 Å². The molecule has 0 bridgehead atoms. The first-order valence-corrected chi connectivity index (χ1v) is 11.7. The van der Waals surface area contributed by atoms with Gasteiger partial charge in [-0.2, -0.15) is 16.4 Å². The smallest absolute Gasteiger partial charge is 0.118 e. The summed E-state index contributed by atoms with van der Waals surface area (Å²) in [6, 6.07) is 25.4. The molecule has 0 saturated heterocycles. The van der Waals surface area contributed by atoms with E-state index in [0.29, 0.717) is 0 Å². The molecule has 0 aliphatic carbocycles. The van der Waals surface area contributed by atoms with E-state index in [1.54, 1.807) is 21.3 Å². The molecular formula is C29H42BNO3. The van der Waals surface area contributed by atoms with E-state index in [4.69, 9.17) is 14.2 Å². The van der Waals surface area contributed by atoms with Crippen LogP contribution in [0.15, 0.2) is 72.8 Å². The monoisotopic (exact) mass is 463 g/mol. The van der Waals surface area contributed by atoms with Crippen molar-refractivity contribution in [3.05, 3.63) is 72.8 Å². The predicted octanol–water partition coefficient (Wildman–Crippen LogP) is 4.31. The highest BCUT2D eigenvalue weighted by Crippen LogP contribution is 2.36. The summed E-state index contributed by atoms with van der Waals surface area (Å²) in [6.45, 7) is 6.93. The topological polar surface area (TPSA) is 27.7 Å². The molecule has 34 heavy (non-hydrogen) atoms. The van der Waals surface area contributed by atoms with Crippen LogP contribution in [-0.2, 0) is 0 Å². The minimum Gasteiger partial charge on any atom is -0.497 e. The predicted molar refractivity (Wildman–Crippen MR) is 147 cm³/mol. The van der Waals surface area contributed by atoms with Gasteiger partial charge in [-0.3, -0.25) is 0 Å². The fraction of sp³-hybridized carbons (Fsp3) is 0.379. The standard InChI is InChI=1S/C25H30BO3.C4H12N/c1-25(2,3)26(19-7-13-22(27-4)14-8-19,20-9-15-23(28-5)16-10-20)21-11-17-24(29-6)18-12-21;1-5(2,3)4/h7-18H,1-6H3;1-4H3/q-1;+1. The minimum absolute atomic E-state index is 0.0578. The van der Waals surface area contributed by atoms with Crippen LogP contribution in [0.25, 0.3) is 0 Å². The Hall–Kier alpha value is -2.92. The summed E-state index contributed by atoms with van der Waals surface area (Å²) in [7, 11) is 13.6. The Kier molecular flexibility index (Phi) is 8.85. The number of methoxy groups -OCH3 is 3. The molecule has 0 aromatic heterocycles. The fourth-order valence-electron chi connectivity index (χ4n) is 4.76. The summed E-state index contributed by atoms with van der Waals surface area (Å²) in [6.07, 6.45) is -1.29. The highest BCUT2D eigenvalue weighted by Gasteiger charge is 2.40. The average molecular weight is 463 g/mol. The fourth-order valence-corrected chi connectivity index (χ4v) is 4.76. The average Bonchev–Trinajstić information content (AvgIpc) is 2.79. The van der Waals surface area contributed by atoms with Crippen molar-refractivity contribution in [2.75, 3.05) is 49.5 Å². The van der Waals surface area contributed by atoms with Crippen molar-refractivity contribution in [1.29, 1.82) is 0 Å². The molecule has 3 aromatic rings. The van der Waals surface area contributed by atoms with Gasteiger partial charge in [-0.25, -0.2) is 0 Å². The summed E-state index contributed by atoms with van der Waals surface area (Å²) < 4.78 is 17.2. The Morgan fingerprint density at radius 1 is 0.500 bits per heavy atom. The van der Waals surface area contributed by atoms with Crippen LogP contribution in [0.1, 0.15) is 20.8 Å². The molecule has 0 radical (unpaired) electrons. The quantitative estimate of drug-likeness (QED) is 0.403. The van der Waals surface area contributed by atoms with Gasteiger partial charge in [0.2, 0.25) is 0 Å². The van der Waals surface area contributed by atoms with Gasteiger partial charge >= 0.3 is 0 Å². The van der Waals surface area contributed by atoms with Crippen LogP contribution in [0, 0.1) is 0 Å². The van der Waals surface area contributed by atoms with Crippen molar-refractivity contribution in [3.8, 4) is 17.2 Å². The van der Waals surface area contributed by atoms with Gasteiger partial charge < -0.3 is 18.7 Å². The van der Waals surface area contributed by atoms with Gasteiger partial charge in [0, 0.05) is 0 Å². The molecule has 0 saturated carbocycles. The van der Waals surface area contributed by atoms with Gasteiger partial charge in [0.25, 0.3) is 0 Å². The zero-order valence-electron chi connectivity index (χ0n) is 22.7. The molecule has 0 atom stereocenters. The van der Waals surface area contributed by atoms with Crippen molar-refractivity contribution < 1.29 is 18.7 Å². The van der Waals surface area contributed by atoms with E-state index < -0.39 is 6.15 Å². The zero-order valence-corrected chi connectivity index (χ0v) is 22.7. The third-order valence-corrected chi connectivity index (χ3v) is 6.15. The molecule has 0 amide bonds. The summed E-state index contributed by atoms with van der Waals surface area (Å²) in [4.78, 5) is 0. The second-order valence-corrected chi connectivity index (χ2v) is 11.2. The molecule has 0 spiro atoms. The number of benzene rings is 3. The third kappa shape index (κ3) is 6.35. The zero-order chi connectivity index (χ0) is 25.6. The number of nitrogens with zero attached hydrogens (tertiary/aromatic N) is 1. The lowest BCUT2D eigenvalue weighted by atomic mass is 9.07. The lowest BCUT2D eigenvalue weighted by molar-refractivity contribution is -0.849. The van der Waals surface area contributed by atoms with Crippen molar-refractivity contribution in [1.82, 2.24) is 0 Å². The van der Waals surface area contributed by atoms with E-state index in [9.17, 15) is 0 Å². The van der Waals surface area contributed by atoms with Crippen LogP contribution < -0.4 is 30.6 Å². The molecule has 0 fully saturated rings. The molecule has 0 N–H and O–H groups in total. The van der Waals surface area contributed by atoms with Gasteiger partial charge in [0.15, 0.2) is 0 Å². The summed E-state index contributed by atoms with van der Waals surface area (Å²) in [5, 5.41) is -0.0578. The second kappa shape index (κ2) is 11.0. The SMILES string of the molecule is COc1ccc([B-](c2ccc(OC)cc2)(c2ccc(OC)cc2)C(C)(C)C)cc1.C[N+](C)(C)C. The normalized spacial score (nSPS) is 11.8. The number of hydrogen-bond acceptors (Lipinski definition) is 3. The maximum absolute atomic E-state index is 5.41. The summed E-state index contributed by atoms with van der Waals surface area (Å²) >= 11 is 0. The number of quaternary nitrogens is 1. The van der Waals surface area contributed by atoms with Crippen LogP contribution in [0.2, 0.25) is 5.31 Å². The van der Waals surface area contributed by atoms with Crippen LogP contribution in [0.4, 0.5) is 0 Å². The molecule has 5 heteroatoms. The lowest BCUT2D eigenvalue weighted by Gasteiger charge is -2.54. The van der Waals surface area contributed by atoms with Crippen LogP contribution >= 0.6 is 0 Å². The van der Waals surface area contributed by atoms with E-state index in [1.165, 1.54) is 16.4 Å². The van der Waals surface area contributed by atoms with Gasteiger partial charge in [-0.05, 0) is 36.4 Å². The minimum atomic E-state index is -1.29. The van der Waals surface area contributed by atoms with E-state index >= 15 is 0 Å². The molecule has 0 aliphatic heterocycles. The van der Waals surface area contributed by atoms with Gasteiger partial charge in [-0.15, -0.1) is 5.31 Å². The first-order chi connectivity index (χ1) is 15.9. The molecular weight excluding hydrogens is 421 g/mol. The van der Waals surface area contributed by atoms with Crippen molar-refractivity contribution in [3.63, 3.8) is 0 Å². The van der Waals surface area contributed by atoms with Crippen LogP contribution in [0.3, 0.4) is 0 Å². The Labute approximate surface area is 207 Å². The van der Waals surface area contributed by atoms with Crippen molar-refractivity contribution in [2.45, 2.75) is 26.1 Å². The molecule has 0 heterocycles. The Balaban J connectivity index is 0.000000739. The highest BCUT2D eigenvalue weighted by molar-refractivity contribution is 7.13. The molecule has 3 aromatic carbocycles. The molecule has 4 nitrogen and oxygen atoms in total. The van der Waals surface area contributed by atoms with Gasteiger partial charge in [0.05, 0.1) is 55.7 Å². The number of ether oxygens (including phenoxy) is 3. The van der Waals surface area contributed by atoms with Gasteiger partial charge in [-0.1, -0.05) is 57.2 Å². The first kappa shape index (κ1) is 27.3.